The number of carbonyl (C=O) groups is 1. The van der Waals surface area contributed by atoms with Crippen molar-refractivity contribution >= 4 is 18.3 Å². The van der Waals surface area contributed by atoms with Crippen LogP contribution in [-0.2, 0) is 4.79 Å². The first-order chi connectivity index (χ1) is 7.54. The highest BCUT2D eigenvalue weighted by Crippen LogP contribution is 2.26. The van der Waals surface area contributed by atoms with Gasteiger partial charge in [0.15, 0.2) is 0 Å². The summed E-state index contributed by atoms with van der Waals surface area (Å²) in [7, 11) is 0. The molecule has 0 aliphatic heterocycles. The number of nitrogens with two attached hydrogens (primary N) is 1. The molecule has 1 saturated carbocycles. The zero-order valence-corrected chi connectivity index (χ0v) is 12.1. The van der Waals surface area contributed by atoms with Gasteiger partial charge < -0.3 is 11.1 Å². The fourth-order valence-electron chi connectivity index (χ4n) is 2.39. The molecule has 0 heterocycles. The smallest absolute Gasteiger partial charge is 0.237 e. The number of hydrogen-bond donors (Lipinski definition) is 2. The molecule has 17 heavy (non-hydrogen) atoms. The van der Waals surface area contributed by atoms with E-state index in [-0.39, 0.29) is 30.3 Å². The first kappa shape index (κ1) is 16.7. The minimum Gasteiger partial charge on any atom is -0.352 e. The summed E-state index contributed by atoms with van der Waals surface area (Å²) in [4.78, 5) is 11.8. The van der Waals surface area contributed by atoms with Crippen LogP contribution in [0.1, 0.15) is 52.9 Å². The van der Waals surface area contributed by atoms with Crippen molar-refractivity contribution in [1.29, 1.82) is 0 Å². The lowest BCUT2D eigenvalue weighted by atomic mass is 9.84. The number of halogens is 1. The molecule has 2 unspecified atom stereocenters. The van der Waals surface area contributed by atoms with Crippen LogP contribution in [-0.4, -0.2) is 18.0 Å². The zero-order chi connectivity index (χ0) is 12.1. The molecule has 1 amide bonds. The van der Waals surface area contributed by atoms with Gasteiger partial charge in [-0.15, -0.1) is 12.4 Å². The van der Waals surface area contributed by atoms with Gasteiger partial charge >= 0.3 is 0 Å². The second-order valence-corrected chi connectivity index (χ2v) is 5.42. The largest absolute Gasteiger partial charge is 0.352 e. The Morgan fingerprint density at radius 3 is 2.59 bits per heavy atom. The third-order valence-electron chi connectivity index (χ3n) is 3.73. The van der Waals surface area contributed by atoms with E-state index in [1.807, 2.05) is 13.8 Å². The lowest BCUT2D eigenvalue weighted by Gasteiger charge is -2.30. The second-order valence-electron chi connectivity index (χ2n) is 5.42. The Bertz CT molecular complexity index is 233. The monoisotopic (exact) mass is 262 g/mol. The molecule has 1 aliphatic rings. The lowest BCUT2D eigenvalue weighted by molar-refractivity contribution is -0.124. The van der Waals surface area contributed by atoms with E-state index in [2.05, 4.69) is 12.2 Å². The van der Waals surface area contributed by atoms with Crippen molar-refractivity contribution in [3.05, 3.63) is 0 Å². The van der Waals surface area contributed by atoms with Crippen LogP contribution in [0.25, 0.3) is 0 Å². The van der Waals surface area contributed by atoms with Crippen molar-refractivity contribution in [2.24, 2.45) is 17.6 Å². The quantitative estimate of drug-likeness (QED) is 0.818. The van der Waals surface area contributed by atoms with Crippen molar-refractivity contribution in [2.75, 3.05) is 0 Å². The molecule has 0 aromatic carbocycles. The van der Waals surface area contributed by atoms with Crippen molar-refractivity contribution in [3.8, 4) is 0 Å². The maximum Gasteiger partial charge on any atom is 0.237 e. The number of carbonyl (C=O) groups excluding carboxylic acids is 1. The van der Waals surface area contributed by atoms with Gasteiger partial charge in [-0.3, -0.25) is 4.79 Å². The van der Waals surface area contributed by atoms with Crippen LogP contribution < -0.4 is 11.1 Å². The minimum absolute atomic E-state index is 0. The van der Waals surface area contributed by atoms with Crippen molar-refractivity contribution < 1.29 is 4.79 Å². The second kappa shape index (κ2) is 7.93. The molecule has 0 saturated heterocycles. The van der Waals surface area contributed by atoms with Gasteiger partial charge in [0.05, 0.1) is 6.04 Å². The first-order valence-corrected chi connectivity index (χ1v) is 6.60. The normalized spacial score (nSPS) is 26.2. The summed E-state index contributed by atoms with van der Waals surface area (Å²) in [5, 5.41) is 3.10. The van der Waals surface area contributed by atoms with E-state index in [0.717, 1.165) is 18.8 Å². The Labute approximate surface area is 111 Å². The summed E-state index contributed by atoms with van der Waals surface area (Å²) in [6.45, 7) is 6.20. The Kier molecular flexibility index (Phi) is 7.80. The minimum atomic E-state index is -0.359. The molecule has 1 rings (SSSR count). The summed E-state index contributed by atoms with van der Waals surface area (Å²) in [5.41, 5.74) is 5.83. The number of rotatable bonds is 4. The molecule has 1 aliphatic carbocycles. The Morgan fingerprint density at radius 1 is 1.41 bits per heavy atom. The van der Waals surface area contributed by atoms with Crippen LogP contribution in [0.4, 0.5) is 0 Å². The van der Waals surface area contributed by atoms with Crippen LogP contribution in [0.15, 0.2) is 0 Å². The Hall–Kier alpha value is -0.280. The van der Waals surface area contributed by atoms with Crippen LogP contribution >= 0.6 is 12.4 Å². The molecule has 3 N–H and O–H groups in total. The maximum absolute atomic E-state index is 11.8. The van der Waals surface area contributed by atoms with Crippen molar-refractivity contribution in [3.63, 3.8) is 0 Å². The predicted octanol–water partition coefficient (Wildman–Crippen LogP) is 2.48. The van der Waals surface area contributed by atoms with E-state index in [4.69, 9.17) is 5.73 Å². The molecular weight excluding hydrogens is 236 g/mol. The van der Waals surface area contributed by atoms with Gasteiger partial charge in [0.25, 0.3) is 0 Å². The van der Waals surface area contributed by atoms with Crippen LogP contribution in [0, 0.1) is 11.8 Å². The Balaban J connectivity index is 0.00000256. The summed E-state index contributed by atoms with van der Waals surface area (Å²) in [6.07, 6.45) is 6.03. The topological polar surface area (TPSA) is 55.1 Å². The zero-order valence-electron chi connectivity index (χ0n) is 11.2. The van der Waals surface area contributed by atoms with Gasteiger partial charge in [0.1, 0.15) is 0 Å². The molecule has 102 valence electrons. The third-order valence-corrected chi connectivity index (χ3v) is 3.73. The highest BCUT2D eigenvalue weighted by atomic mass is 35.5. The molecule has 4 heteroatoms. The third kappa shape index (κ3) is 5.26. The van der Waals surface area contributed by atoms with Gasteiger partial charge in [0, 0.05) is 6.04 Å². The highest BCUT2D eigenvalue weighted by molar-refractivity contribution is 5.85. The van der Waals surface area contributed by atoms with E-state index in [1.54, 1.807) is 0 Å². The van der Waals surface area contributed by atoms with Crippen LogP contribution in [0.5, 0.6) is 0 Å². The summed E-state index contributed by atoms with van der Waals surface area (Å²) in [5.74, 6) is 1.02. The number of hydrogen-bond acceptors (Lipinski definition) is 2. The van der Waals surface area contributed by atoms with Gasteiger partial charge in [-0.25, -0.2) is 0 Å². The summed E-state index contributed by atoms with van der Waals surface area (Å²) < 4.78 is 0. The molecule has 0 radical (unpaired) electrons. The fourth-order valence-corrected chi connectivity index (χ4v) is 2.39. The molecule has 3 nitrogen and oxygen atoms in total. The van der Waals surface area contributed by atoms with Crippen LogP contribution in [0.3, 0.4) is 0 Å². The van der Waals surface area contributed by atoms with Gasteiger partial charge in [-0.05, 0) is 24.7 Å². The van der Waals surface area contributed by atoms with Gasteiger partial charge in [-0.2, -0.15) is 0 Å². The summed E-state index contributed by atoms with van der Waals surface area (Å²) >= 11 is 0. The molecule has 1 fully saturated rings. The molecule has 3 atom stereocenters. The SMILES string of the molecule is CCC1CCCC(NC(=O)[C@H](N)C(C)C)C1.Cl. The van der Waals surface area contributed by atoms with E-state index >= 15 is 0 Å². The Morgan fingerprint density at radius 2 is 2.06 bits per heavy atom. The standard InChI is InChI=1S/C13H26N2O.ClH/c1-4-10-6-5-7-11(8-10)15-13(16)12(14)9(2)3;/h9-12H,4-8,14H2,1-3H3,(H,15,16);1H/t10?,11?,12-;/m1./s1. The number of nitrogens with one attached hydrogen (secondary N) is 1. The first-order valence-electron chi connectivity index (χ1n) is 6.60. The van der Waals surface area contributed by atoms with Gasteiger partial charge in [-0.1, -0.05) is 40.0 Å². The van der Waals surface area contributed by atoms with Crippen molar-refractivity contribution in [1.82, 2.24) is 5.32 Å². The van der Waals surface area contributed by atoms with E-state index in [0.29, 0.717) is 6.04 Å². The average Bonchev–Trinajstić information content (AvgIpc) is 2.28. The molecule has 0 spiro atoms. The fraction of sp³-hybridized carbons (Fsp3) is 0.923. The summed E-state index contributed by atoms with van der Waals surface area (Å²) in [6, 6.07) is -0.00185. The van der Waals surface area contributed by atoms with Crippen LogP contribution in [0.2, 0.25) is 0 Å². The number of amides is 1. The lowest BCUT2D eigenvalue weighted by Crippen LogP contribution is -2.48. The molecule has 0 aromatic rings. The molecular formula is C13H27ClN2O. The van der Waals surface area contributed by atoms with Gasteiger partial charge in [0.2, 0.25) is 5.91 Å². The average molecular weight is 263 g/mol. The highest BCUT2D eigenvalue weighted by Gasteiger charge is 2.25. The molecule has 0 aromatic heterocycles. The predicted molar refractivity (Wildman–Crippen MR) is 74.2 cm³/mol. The van der Waals surface area contributed by atoms with Crippen molar-refractivity contribution in [2.45, 2.75) is 65.0 Å². The molecule has 0 bridgehead atoms. The van der Waals surface area contributed by atoms with E-state index < -0.39 is 0 Å². The van der Waals surface area contributed by atoms with E-state index in [9.17, 15) is 4.79 Å². The van der Waals surface area contributed by atoms with E-state index in [1.165, 1.54) is 19.3 Å². The maximum atomic E-state index is 11.8.